The molecule has 0 bridgehead atoms. The molecule has 0 aliphatic heterocycles. The van der Waals surface area contributed by atoms with Gasteiger partial charge in [-0.3, -0.25) is 4.79 Å². The zero-order valence-electron chi connectivity index (χ0n) is 17.6. The molecule has 0 aromatic rings. The van der Waals surface area contributed by atoms with E-state index in [9.17, 15) is 4.79 Å². The molecule has 0 amide bonds. The number of hydrogen-bond donors (Lipinski definition) is 0. The van der Waals surface area contributed by atoms with Crippen LogP contribution in [0.25, 0.3) is 0 Å². The monoisotopic (exact) mass is 354 g/mol. The standard InChI is InChI=1S/C23H46O2/c1-4-7-10-13-14-17-20-22(19-16-12-9-6-3)23(24)25-21-18-15-11-8-5-2/h22H,4-21H2,1-3H3. The van der Waals surface area contributed by atoms with Crippen molar-refractivity contribution in [2.24, 2.45) is 5.92 Å². The normalized spacial score (nSPS) is 12.3. The minimum atomic E-state index is 0.0838. The molecule has 0 aliphatic carbocycles. The molecule has 1 unspecified atom stereocenters. The smallest absolute Gasteiger partial charge is 0.308 e. The van der Waals surface area contributed by atoms with E-state index in [4.69, 9.17) is 4.74 Å². The predicted molar refractivity (Wildman–Crippen MR) is 110 cm³/mol. The predicted octanol–water partition coefficient (Wildman–Crippen LogP) is 7.84. The first-order valence-electron chi connectivity index (χ1n) is 11.4. The van der Waals surface area contributed by atoms with Crippen molar-refractivity contribution in [2.75, 3.05) is 6.61 Å². The highest BCUT2D eigenvalue weighted by atomic mass is 16.5. The lowest BCUT2D eigenvalue weighted by molar-refractivity contribution is -0.149. The van der Waals surface area contributed by atoms with Crippen LogP contribution in [0.1, 0.15) is 130 Å². The van der Waals surface area contributed by atoms with Crippen LogP contribution in [0.2, 0.25) is 0 Å². The Morgan fingerprint density at radius 3 is 1.52 bits per heavy atom. The zero-order valence-corrected chi connectivity index (χ0v) is 17.6. The second-order valence-corrected chi connectivity index (χ2v) is 7.68. The van der Waals surface area contributed by atoms with E-state index in [1.54, 1.807) is 0 Å². The highest BCUT2D eigenvalue weighted by Crippen LogP contribution is 2.20. The summed E-state index contributed by atoms with van der Waals surface area (Å²) in [5.41, 5.74) is 0. The molecule has 0 rings (SSSR count). The molecule has 2 heteroatoms. The van der Waals surface area contributed by atoms with Crippen LogP contribution in [0.15, 0.2) is 0 Å². The van der Waals surface area contributed by atoms with Gasteiger partial charge < -0.3 is 4.74 Å². The molecule has 2 nitrogen and oxygen atoms in total. The Morgan fingerprint density at radius 2 is 1.00 bits per heavy atom. The molecule has 0 N–H and O–H groups in total. The minimum Gasteiger partial charge on any atom is -0.465 e. The Labute approximate surface area is 158 Å². The maximum Gasteiger partial charge on any atom is 0.308 e. The van der Waals surface area contributed by atoms with Gasteiger partial charge >= 0.3 is 5.97 Å². The van der Waals surface area contributed by atoms with E-state index < -0.39 is 0 Å². The fraction of sp³-hybridized carbons (Fsp3) is 0.957. The van der Waals surface area contributed by atoms with Crippen molar-refractivity contribution in [3.05, 3.63) is 0 Å². The molecule has 25 heavy (non-hydrogen) atoms. The summed E-state index contributed by atoms with van der Waals surface area (Å²) in [6, 6.07) is 0. The summed E-state index contributed by atoms with van der Waals surface area (Å²) in [7, 11) is 0. The third-order valence-electron chi connectivity index (χ3n) is 5.14. The van der Waals surface area contributed by atoms with Crippen LogP contribution in [0.4, 0.5) is 0 Å². The third-order valence-corrected chi connectivity index (χ3v) is 5.14. The first-order valence-corrected chi connectivity index (χ1v) is 11.4. The fourth-order valence-electron chi connectivity index (χ4n) is 3.36. The average Bonchev–Trinajstić information content (AvgIpc) is 2.62. The largest absolute Gasteiger partial charge is 0.465 e. The summed E-state index contributed by atoms with van der Waals surface area (Å²) in [6.07, 6.45) is 20.9. The van der Waals surface area contributed by atoms with Gasteiger partial charge in [-0.2, -0.15) is 0 Å². The molecule has 0 aromatic carbocycles. The summed E-state index contributed by atoms with van der Waals surface area (Å²) in [5, 5.41) is 0. The number of ether oxygens (including phenoxy) is 1. The molecular weight excluding hydrogens is 308 g/mol. The topological polar surface area (TPSA) is 26.3 Å². The summed E-state index contributed by atoms with van der Waals surface area (Å²) in [4.78, 5) is 12.4. The molecule has 0 fully saturated rings. The molecule has 0 heterocycles. The number of hydrogen-bond acceptors (Lipinski definition) is 2. The molecule has 0 spiro atoms. The minimum absolute atomic E-state index is 0.0838. The van der Waals surface area contributed by atoms with Crippen molar-refractivity contribution < 1.29 is 9.53 Å². The zero-order chi connectivity index (χ0) is 18.6. The van der Waals surface area contributed by atoms with Crippen molar-refractivity contribution >= 4 is 5.97 Å². The van der Waals surface area contributed by atoms with Crippen molar-refractivity contribution in [1.29, 1.82) is 0 Å². The molecule has 1 atom stereocenters. The summed E-state index contributed by atoms with van der Waals surface area (Å²) in [6.45, 7) is 7.35. The summed E-state index contributed by atoms with van der Waals surface area (Å²) >= 11 is 0. The molecule has 0 radical (unpaired) electrons. The van der Waals surface area contributed by atoms with Crippen molar-refractivity contribution in [3.8, 4) is 0 Å². The highest BCUT2D eigenvalue weighted by Gasteiger charge is 2.19. The Hall–Kier alpha value is -0.530. The average molecular weight is 355 g/mol. The first kappa shape index (κ1) is 24.5. The second kappa shape index (κ2) is 19.8. The van der Waals surface area contributed by atoms with Crippen LogP contribution in [0.3, 0.4) is 0 Å². The van der Waals surface area contributed by atoms with E-state index in [1.807, 2.05) is 0 Å². The Bertz CT molecular complexity index is 275. The molecular formula is C23H46O2. The lowest BCUT2D eigenvalue weighted by Gasteiger charge is -2.16. The molecule has 0 aliphatic rings. The summed E-state index contributed by atoms with van der Waals surface area (Å²) in [5.74, 6) is 0.235. The van der Waals surface area contributed by atoms with E-state index >= 15 is 0 Å². The number of carbonyl (C=O) groups excluding carboxylic acids is 1. The van der Waals surface area contributed by atoms with Gasteiger partial charge in [0, 0.05) is 0 Å². The quantitative estimate of drug-likeness (QED) is 0.174. The Balaban J connectivity index is 3.97. The highest BCUT2D eigenvalue weighted by molar-refractivity contribution is 5.72. The first-order chi connectivity index (χ1) is 12.3. The third kappa shape index (κ3) is 16.7. The molecule has 0 saturated heterocycles. The van der Waals surface area contributed by atoms with Crippen LogP contribution in [-0.4, -0.2) is 12.6 Å². The van der Waals surface area contributed by atoms with Crippen molar-refractivity contribution in [1.82, 2.24) is 0 Å². The lowest BCUT2D eigenvalue weighted by Crippen LogP contribution is -2.18. The Kier molecular flexibility index (Phi) is 19.4. The van der Waals surface area contributed by atoms with Gasteiger partial charge in [0.15, 0.2) is 0 Å². The number of rotatable bonds is 19. The van der Waals surface area contributed by atoms with Crippen LogP contribution in [0, 0.1) is 5.92 Å². The van der Waals surface area contributed by atoms with E-state index in [-0.39, 0.29) is 11.9 Å². The number of esters is 1. The van der Waals surface area contributed by atoms with Gasteiger partial charge in [-0.05, 0) is 19.3 Å². The molecule has 0 saturated carbocycles. The van der Waals surface area contributed by atoms with Crippen LogP contribution < -0.4 is 0 Å². The van der Waals surface area contributed by atoms with Gasteiger partial charge in [0.25, 0.3) is 0 Å². The maximum atomic E-state index is 12.4. The molecule has 0 aromatic heterocycles. The van der Waals surface area contributed by atoms with Crippen molar-refractivity contribution in [3.63, 3.8) is 0 Å². The van der Waals surface area contributed by atoms with E-state index in [1.165, 1.54) is 89.9 Å². The van der Waals surface area contributed by atoms with Crippen molar-refractivity contribution in [2.45, 2.75) is 130 Å². The lowest BCUT2D eigenvalue weighted by atomic mass is 9.94. The SMILES string of the molecule is CCCCCCCCC(CCCCCC)C(=O)OCCCCCCC. The van der Waals surface area contributed by atoms with Gasteiger partial charge in [-0.1, -0.05) is 111 Å². The van der Waals surface area contributed by atoms with Gasteiger partial charge in [-0.25, -0.2) is 0 Å². The maximum absolute atomic E-state index is 12.4. The Morgan fingerprint density at radius 1 is 0.600 bits per heavy atom. The fourth-order valence-corrected chi connectivity index (χ4v) is 3.36. The van der Waals surface area contributed by atoms with E-state index in [0.29, 0.717) is 6.61 Å². The van der Waals surface area contributed by atoms with Crippen LogP contribution in [-0.2, 0) is 9.53 Å². The van der Waals surface area contributed by atoms with Gasteiger partial charge in [0.1, 0.15) is 0 Å². The number of carbonyl (C=O) groups is 1. The van der Waals surface area contributed by atoms with Gasteiger partial charge in [0.2, 0.25) is 0 Å². The van der Waals surface area contributed by atoms with Gasteiger partial charge in [0.05, 0.1) is 12.5 Å². The molecule has 150 valence electrons. The van der Waals surface area contributed by atoms with E-state index in [2.05, 4.69) is 20.8 Å². The second-order valence-electron chi connectivity index (χ2n) is 7.68. The van der Waals surface area contributed by atoms with E-state index in [0.717, 1.165) is 19.3 Å². The number of unbranched alkanes of at least 4 members (excludes halogenated alkanes) is 12. The van der Waals surface area contributed by atoms with Crippen LogP contribution >= 0.6 is 0 Å². The van der Waals surface area contributed by atoms with Crippen LogP contribution in [0.5, 0.6) is 0 Å². The summed E-state index contributed by atoms with van der Waals surface area (Å²) < 4.78 is 5.60. The van der Waals surface area contributed by atoms with Gasteiger partial charge in [-0.15, -0.1) is 0 Å².